The first-order chi connectivity index (χ1) is 11.9. The van der Waals surface area contributed by atoms with Crippen molar-refractivity contribution >= 4 is 23.4 Å². The molecule has 0 unspecified atom stereocenters. The molecule has 0 aromatic heterocycles. The Kier molecular flexibility index (Phi) is 5.23. The zero-order valence-electron chi connectivity index (χ0n) is 14.8. The summed E-state index contributed by atoms with van der Waals surface area (Å²) in [7, 11) is 0. The molecule has 0 radical (unpaired) electrons. The minimum atomic E-state index is 0.00857. The summed E-state index contributed by atoms with van der Waals surface area (Å²) in [5.41, 5.74) is 3.32. The van der Waals surface area contributed by atoms with Gasteiger partial charge in [0.25, 0.3) is 0 Å². The summed E-state index contributed by atoms with van der Waals surface area (Å²) >= 11 is 1.58. The van der Waals surface area contributed by atoms with E-state index in [0.29, 0.717) is 5.75 Å². The van der Waals surface area contributed by atoms with Gasteiger partial charge in [-0.05, 0) is 40.8 Å². The molecule has 2 aromatic rings. The molecule has 1 heterocycles. The number of fused-ring (bicyclic) bond motifs is 1. The average molecular weight is 357 g/mol. The van der Waals surface area contributed by atoms with E-state index in [2.05, 4.69) is 38.2 Å². The standard InChI is InChI=1S/C20H23NO3S/c1-20(2,3)15-5-7-16(8-6-15)21-19(22)12-25-11-14-4-9-17-18(10-14)24-13-23-17/h4-10H,11-13H2,1-3H3,(H,21,22). The number of anilines is 1. The van der Waals surface area contributed by atoms with Gasteiger partial charge in [-0.15, -0.1) is 11.8 Å². The quantitative estimate of drug-likeness (QED) is 0.850. The van der Waals surface area contributed by atoms with Gasteiger partial charge in [-0.1, -0.05) is 39.0 Å². The highest BCUT2D eigenvalue weighted by atomic mass is 32.2. The summed E-state index contributed by atoms with van der Waals surface area (Å²) in [6.45, 7) is 6.80. The first-order valence-corrected chi connectivity index (χ1v) is 9.44. The van der Waals surface area contributed by atoms with Crippen molar-refractivity contribution in [3.63, 3.8) is 0 Å². The van der Waals surface area contributed by atoms with E-state index in [-0.39, 0.29) is 18.1 Å². The number of carbonyl (C=O) groups is 1. The smallest absolute Gasteiger partial charge is 0.234 e. The van der Waals surface area contributed by atoms with Crippen molar-refractivity contribution < 1.29 is 14.3 Å². The molecule has 1 amide bonds. The zero-order valence-corrected chi connectivity index (χ0v) is 15.6. The van der Waals surface area contributed by atoms with Crippen LogP contribution in [0.4, 0.5) is 5.69 Å². The fourth-order valence-corrected chi connectivity index (χ4v) is 3.32. The average Bonchev–Trinajstić information content (AvgIpc) is 3.02. The van der Waals surface area contributed by atoms with Crippen molar-refractivity contribution in [2.24, 2.45) is 0 Å². The van der Waals surface area contributed by atoms with Crippen molar-refractivity contribution in [1.82, 2.24) is 0 Å². The predicted octanol–water partition coefficient (Wildman–Crippen LogP) is 4.58. The third-order valence-corrected chi connectivity index (χ3v) is 4.98. The van der Waals surface area contributed by atoms with Gasteiger partial charge in [0.2, 0.25) is 12.7 Å². The van der Waals surface area contributed by atoms with Crippen molar-refractivity contribution in [3.05, 3.63) is 53.6 Å². The van der Waals surface area contributed by atoms with Crippen LogP contribution in [0.15, 0.2) is 42.5 Å². The molecule has 1 aliphatic rings. The fraction of sp³-hybridized carbons (Fsp3) is 0.350. The van der Waals surface area contributed by atoms with Crippen LogP contribution in [0.25, 0.3) is 0 Å². The summed E-state index contributed by atoms with van der Waals surface area (Å²) in [4.78, 5) is 12.1. The molecular formula is C20H23NO3S. The Hall–Kier alpha value is -2.14. The van der Waals surface area contributed by atoms with Gasteiger partial charge >= 0.3 is 0 Å². The maximum Gasteiger partial charge on any atom is 0.234 e. The number of hydrogen-bond donors (Lipinski definition) is 1. The van der Waals surface area contributed by atoms with E-state index >= 15 is 0 Å². The number of hydrogen-bond acceptors (Lipinski definition) is 4. The molecule has 3 rings (SSSR count). The lowest BCUT2D eigenvalue weighted by atomic mass is 9.87. The van der Waals surface area contributed by atoms with Crippen LogP contribution in [0.3, 0.4) is 0 Å². The van der Waals surface area contributed by atoms with Gasteiger partial charge in [-0.3, -0.25) is 4.79 Å². The van der Waals surface area contributed by atoms with E-state index in [9.17, 15) is 4.79 Å². The Morgan fingerprint density at radius 2 is 1.80 bits per heavy atom. The van der Waals surface area contributed by atoms with Gasteiger partial charge in [0.15, 0.2) is 11.5 Å². The molecular weight excluding hydrogens is 334 g/mol. The Morgan fingerprint density at radius 3 is 2.52 bits per heavy atom. The number of carbonyl (C=O) groups excluding carboxylic acids is 1. The molecule has 1 aliphatic heterocycles. The van der Waals surface area contributed by atoms with Crippen LogP contribution in [0, 0.1) is 0 Å². The zero-order chi connectivity index (χ0) is 17.9. The molecule has 1 N–H and O–H groups in total. The number of amides is 1. The lowest BCUT2D eigenvalue weighted by Gasteiger charge is -2.19. The van der Waals surface area contributed by atoms with E-state index < -0.39 is 0 Å². The van der Waals surface area contributed by atoms with Gasteiger partial charge in [0.05, 0.1) is 5.75 Å². The van der Waals surface area contributed by atoms with Crippen molar-refractivity contribution in [1.29, 1.82) is 0 Å². The lowest BCUT2D eigenvalue weighted by molar-refractivity contribution is -0.113. The van der Waals surface area contributed by atoms with E-state index in [1.165, 1.54) is 5.56 Å². The Bertz CT molecular complexity index is 751. The number of ether oxygens (including phenoxy) is 2. The molecule has 0 spiro atoms. The van der Waals surface area contributed by atoms with Crippen LogP contribution < -0.4 is 14.8 Å². The van der Waals surface area contributed by atoms with E-state index in [1.54, 1.807) is 11.8 Å². The highest BCUT2D eigenvalue weighted by Crippen LogP contribution is 2.33. The molecule has 0 bridgehead atoms. The molecule has 0 saturated heterocycles. The molecule has 0 aliphatic carbocycles. The highest BCUT2D eigenvalue weighted by molar-refractivity contribution is 7.99. The number of thioether (sulfide) groups is 1. The minimum Gasteiger partial charge on any atom is -0.454 e. The van der Waals surface area contributed by atoms with Crippen molar-refractivity contribution in [2.45, 2.75) is 31.9 Å². The summed E-state index contributed by atoms with van der Waals surface area (Å²) < 4.78 is 10.7. The predicted molar refractivity (Wildman–Crippen MR) is 102 cm³/mol. The van der Waals surface area contributed by atoms with E-state index in [0.717, 1.165) is 28.5 Å². The molecule has 2 aromatic carbocycles. The molecule has 5 heteroatoms. The number of nitrogens with one attached hydrogen (secondary N) is 1. The van der Waals surface area contributed by atoms with Gasteiger partial charge < -0.3 is 14.8 Å². The van der Waals surface area contributed by atoms with Crippen molar-refractivity contribution in [3.8, 4) is 11.5 Å². The second kappa shape index (κ2) is 7.40. The maximum absolute atomic E-state index is 12.1. The molecule has 0 saturated carbocycles. The van der Waals surface area contributed by atoms with Crippen LogP contribution in [0.5, 0.6) is 11.5 Å². The van der Waals surface area contributed by atoms with Gasteiger partial charge in [-0.25, -0.2) is 0 Å². The van der Waals surface area contributed by atoms with Crippen LogP contribution in [0.1, 0.15) is 31.9 Å². The topological polar surface area (TPSA) is 47.6 Å². The summed E-state index contributed by atoms with van der Waals surface area (Å²) in [6, 6.07) is 13.9. The largest absolute Gasteiger partial charge is 0.454 e. The summed E-state index contributed by atoms with van der Waals surface area (Å²) in [6.07, 6.45) is 0. The Morgan fingerprint density at radius 1 is 1.08 bits per heavy atom. The molecule has 0 fully saturated rings. The second-order valence-electron chi connectivity index (χ2n) is 7.06. The molecule has 4 nitrogen and oxygen atoms in total. The number of rotatable bonds is 5. The monoisotopic (exact) mass is 357 g/mol. The lowest BCUT2D eigenvalue weighted by Crippen LogP contribution is -2.15. The summed E-state index contributed by atoms with van der Waals surface area (Å²) in [5, 5.41) is 2.94. The Labute approximate surface area is 152 Å². The Balaban J connectivity index is 1.46. The number of benzene rings is 2. The third-order valence-electron chi connectivity index (χ3n) is 3.97. The van der Waals surface area contributed by atoms with Gasteiger partial charge in [0, 0.05) is 11.4 Å². The maximum atomic E-state index is 12.1. The van der Waals surface area contributed by atoms with Crippen LogP contribution in [-0.4, -0.2) is 18.5 Å². The second-order valence-corrected chi connectivity index (χ2v) is 8.04. The van der Waals surface area contributed by atoms with Crippen LogP contribution in [0.2, 0.25) is 0 Å². The molecule has 0 atom stereocenters. The minimum absolute atomic E-state index is 0.00857. The molecule has 25 heavy (non-hydrogen) atoms. The first-order valence-electron chi connectivity index (χ1n) is 8.28. The molecule has 132 valence electrons. The normalized spacial score (nSPS) is 12.9. The van der Waals surface area contributed by atoms with E-state index in [4.69, 9.17) is 9.47 Å². The van der Waals surface area contributed by atoms with Crippen LogP contribution >= 0.6 is 11.8 Å². The SMILES string of the molecule is CC(C)(C)c1ccc(NC(=O)CSCc2ccc3c(c2)OCO3)cc1. The van der Waals surface area contributed by atoms with Crippen LogP contribution in [-0.2, 0) is 16.0 Å². The first kappa shape index (κ1) is 17.7. The summed E-state index contributed by atoms with van der Waals surface area (Å²) in [5.74, 6) is 2.74. The van der Waals surface area contributed by atoms with E-state index in [1.807, 2.05) is 30.3 Å². The third kappa shape index (κ3) is 4.69. The van der Waals surface area contributed by atoms with Crippen molar-refractivity contribution in [2.75, 3.05) is 17.9 Å². The highest BCUT2D eigenvalue weighted by Gasteiger charge is 2.14. The van der Waals surface area contributed by atoms with Gasteiger partial charge in [-0.2, -0.15) is 0 Å². The van der Waals surface area contributed by atoms with Gasteiger partial charge in [0.1, 0.15) is 0 Å². The fourth-order valence-electron chi connectivity index (χ4n) is 2.54.